The molecule has 21 heavy (non-hydrogen) atoms. The maximum Gasteiger partial charge on any atom is 0.309 e. The summed E-state index contributed by atoms with van der Waals surface area (Å²) in [5, 5.41) is 9.74. The summed E-state index contributed by atoms with van der Waals surface area (Å²) in [4.78, 5) is 23.2. The van der Waals surface area contributed by atoms with Crippen molar-refractivity contribution >= 4 is 11.8 Å². The minimum Gasteiger partial charge on any atom is -0.481 e. The van der Waals surface area contributed by atoms with E-state index >= 15 is 0 Å². The third-order valence-corrected chi connectivity index (χ3v) is 6.29. The first-order valence-corrected chi connectivity index (χ1v) is 8.12. The van der Waals surface area contributed by atoms with Gasteiger partial charge in [0.15, 0.2) is 0 Å². The van der Waals surface area contributed by atoms with Crippen molar-refractivity contribution in [1.82, 2.24) is 0 Å². The topological polar surface area (TPSA) is 54.4 Å². The highest BCUT2D eigenvalue weighted by Gasteiger charge is 2.57. The molecule has 0 amide bonds. The Morgan fingerprint density at radius 1 is 1.33 bits per heavy atom. The molecule has 0 bridgehead atoms. The molecule has 0 saturated heterocycles. The van der Waals surface area contributed by atoms with Gasteiger partial charge in [-0.2, -0.15) is 0 Å². The molecule has 3 heteroatoms. The van der Waals surface area contributed by atoms with Crippen LogP contribution >= 0.6 is 0 Å². The molecular weight excluding hydrogens is 264 g/mol. The molecule has 0 aromatic carbocycles. The molecule has 2 saturated carbocycles. The fourth-order valence-corrected chi connectivity index (χ4v) is 5.09. The van der Waals surface area contributed by atoms with Gasteiger partial charge in [-0.15, -0.1) is 0 Å². The van der Waals surface area contributed by atoms with Crippen LogP contribution < -0.4 is 0 Å². The fraction of sp³-hybridized carbons (Fsp3) is 0.778. The zero-order valence-electron chi connectivity index (χ0n) is 13.6. The first kappa shape index (κ1) is 16.3. The van der Waals surface area contributed by atoms with Gasteiger partial charge in [-0.1, -0.05) is 25.5 Å². The summed E-state index contributed by atoms with van der Waals surface area (Å²) >= 11 is 0. The van der Waals surface area contributed by atoms with E-state index in [0.717, 1.165) is 38.5 Å². The van der Waals surface area contributed by atoms with E-state index in [4.69, 9.17) is 0 Å². The maximum atomic E-state index is 11.9. The van der Waals surface area contributed by atoms with E-state index in [0.29, 0.717) is 12.3 Å². The Morgan fingerprint density at radius 2 is 2.00 bits per heavy atom. The molecular formula is C18H28O3. The summed E-state index contributed by atoms with van der Waals surface area (Å²) in [7, 11) is 0. The molecule has 0 heterocycles. The summed E-state index contributed by atoms with van der Waals surface area (Å²) < 4.78 is 0. The van der Waals surface area contributed by atoms with Crippen LogP contribution in [-0.4, -0.2) is 16.9 Å². The maximum absolute atomic E-state index is 11.9. The third kappa shape index (κ3) is 2.67. The van der Waals surface area contributed by atoms with Crippen LogP contribution in [0.1, 0.15) is 65.7 Å². The van der Waals surface area contributed by atoms with Crippen LogP contribution in [0, 0.1) is 22.7 Å². The molecule has 4 unspecified atom stereocenters. The Bertz CT molecular complexity index is 467. The predicted octanol–water partition coefficient (Wildman–Crippen LogP) is 4.22. The minimum atomic E-state index is -0.656. The number of carbonyl (C=O) groups excluding carboxylic acids is 1. The Kier molecular flexibility index (Phi) is 4.32. The van der Waals surface area contributed by atoms with Gasteiger partial charge in [-0.05, 0) is 63.2 Å². The standard InChI is InChI=1S/C18H28O3/c1-12-6-9-15-17(3,14(12)8-7-13(2)19)10-5-11-18(15,4)16(20)21/h14-15H,1,5-11H2,2-4H3,(H,20,21). The Labute approximate surface area is 127 Å². The molecule has 2 aliphatic rings. The number of carboxylic acid groups (broad SMARTS) is 1. The van der Waals surface area contributed by atoms with Crippen LogP contribution in [0.15, 0.2) is 12.2 Å². The van der Waals surface area contributed by atoms with Gasteiger partial charge in [0.05, 0.1) is 5.41 Å². The van der Waals surface area contributed by atoms with Crippen LogP contribution in [0.2, 0.25) is 0 Å². The van der Waals surface area contributed by atoms with Gasteiger partial charge in [-0.25, -0.2) is 0 Å². The number of carboxylic acids is 1. The SMILES string of the molecule is C=C1CCC2C(C)(C(=O)O)CCCC2(C)C1CCC(C)=O. The summed E-state index contributed by atoms with van der Waals surface area (Å²) in [5.74, 6) is 0.0411. The lowest BCUT2D eigenvalue weighted by Gasteiger charge is -2.57. The van der Waals surface area contributed by atoms with Crippen molar-refractivity contribution in [2.75, 3.05) is 0 Å². The van der Waals surface area contributed by atoms with Crippen LogP contribution in [0.3, 0.4) is 0 Å². The highest BCUT2D eigenvalue weighted by Crippen LogP contribution is 2.61. The van der Waals surface area contributed by atoms with Gasteiger partial charge >= 0.3 is 5.97 Å². The smallest absolute Gasteiger partial charge is 0.309 e. The second kappa shape index (κ2) is 5.58. The fourth-order valence-electron chi connectivity index (χ4n) is 5.09. The van der Waals surface area contributed by atoms with Crippen molar-refractivity contribution in [2.45, 2.75) is 65.7 Å². The average Bonchev–Trinajstić information content (AvgIpc) is 2.36. The van der Waals surface area contributed by atoms with Gasteiger partial charge in [0.2, 0.25) is 0 Å². The Balaban J connectivity index is 2.33. The second-order valence-electron chi connectivity index (χ2n) is 7.62. The van der Waals surface area contributed by atoms with Gasteiger partial charge < -0.3 is 9.90 Å². The number of ketones is 1. The Morgan fingerprint density at radius 3 is 2.57 bits per heavy atom. The van der Waals surface area contributed by atoms with Gasteiger partial charge in [0.1, 0.15) is 5.78 Å². The molecule has 4 atom stereocenters. The van der Waals surface area contributed by atoms with Gasteiger partial charge in [-0.3, -0.25) is 4.79 Å². The van der Waals surface area contributed by atoms with E-state index in [1.807, 2.05) is 6.92 Å². The molecule has 0 aromatic heterocycles. The molecule has 0 radical (unpaired) electrons. The van der Waals surface area contributed by atoms with Crippen LogP contribution in [-0.2, 0) is 9.59 Å². The summed E-state index contributed by atoms with van der Waals surface area (Å²) in [6.45, 7) is 10.0. The lowest BCUT2D eigenvalue weighted by atomic mass is 9.46. The van der Waals surface area contributed by atoms with Crippen LogP contribution in [0.4, 0.5) is 0 Å². The number of hydrogen-bond donors (Lipinski definition) is 1. The minimum absolute atomic E-state index is 0.0177. The number of hydrogen-bond acceptors (Lipinski definition) is 2. The van der Waals surface area contributed by atoms with Gasteiger partial charge in [0.25, 0.3) is 0 Å². The second-order valence-corrected chi connectivity index (χ2v) is 7.62. The highest BCUT2D eigenvalue weighted by atomic mass is 16.4. The van der Waals surface area contributed by atoms with E-state index in [9.17, 15) is 14.7 Å². The Hall–Kier alpha value is -1.12. The van der Waals surface area contributed by atoms with Crippen molar-refractivity contribution < 1.29 is 14.7 Å². The largest absolute Gasteiger partial charge is 0.481 e. The van der Waals surface area contributed by atoms with E-state index in [1.165, 1.54) is 5.57 Å². The molecule has 0 aromatic rings. The number of aliphatic carboxylic acids is 1. The lowest BCUT2D eigenvalue weighted by molar-refractivity contribution is -0.164. The number of carbonyl (C=O) groups is 2. The number of rotatable bonds is 4. The lowest BCUT2D eigenvalue weighted by Crippen LogP contribution is -2.53. The van der Waals surface area contributed by atoms with E-state index in [-0.39, 0.29) is 17.1 Å². The van der Waals surface area contributed by atoms with Crippen LogP contribution in [0.5, 0.6) is 0 Å². The molecule has 3 nitrogen and oxygen atoms in total. The predicted molar refractivity (Wildman–Crippen MR) is 83.0 cm³/mol. The van der Waals surface area contributed by atoms with Crippen molar-refractivity contribution in [2.24, 2.45) is 22.7 Å². The zero-order valence-corrected chi connectivity index (χ0v) is 13.6. The molecule has 0 aliphatic heterocycles. The zero-order chi connectivity index (χ0) is 15.8. The monoisotopic (exact) mass is 292 g/mol. The molecule has 0 spiro atoms. The number of fused-ring (bicyclic) bond motifs is 1. The van der Waals surface area contributed by atoms with Crippen molar-refractivity contribution in [1.29, 1.82) is 0 Å². The summed E-state index contributed by atoms with van der Waals surface area (Å²) in [6.07, 6.45) is 6.03. The molecule has 1 N–H and O–H groups in total. The first-order chi connectivity index (χ1) is 9.71. The molecule has 118 valence electrons. The quantitative estimate of drug-likeness (QED) is 0.789. The normalized spacial score (nSPS) is 39.7. The average molecular weight is 292 g/mol. The van der Waals surface area contributed by atoms with E-state index in [2.05, 4.69) is 13.5 Å². The van der Waals surface area contributed by atoms with Crippen molar-refractivity contribution in [3.8, 4) is 0 Å². The third-order valence-electron chi connectivity index (χ3n) is 6.29. The van der Waals surface area contributed by atoms with Crippen molar-refractivity contribution in [3.63, 3.8) is 0 Å². The van der Waals surface area contributed by atoms with E-state index in [1.54, 1.807) is 6.92 Å². The highest BCUT2D eigenvalue weighted by molar-refractivity contribution is 5.76. The summed E-state index contributed by atoms with van der Waals surface area (Å²) in [5.41, 5.74) is 0.586. The number of Topliss-reactive ketones (excluding diaryl/α,β-unsaturated/α-hetero) is 1. The first-order valence-electron chi connectivity index (χ1n) is 8.12. The van der Waals surface area contributed by atoms with Crippen molar-refractivity contribution in [3.05, 3.63) is 12.2 Å². The summed E-state index contributed by atoms with van der Waals surface area (Å²) in [6, 6.07) is 0. The molecule has 2 rings (SSSR count). The molecule has 2 aliphatic carbocycles. The molecule has 2 fully saturated rings. The van der Waals surface area contributed by atoms with Gasteiger partial charge in [0, 0.05) is 6.42 Å². The van der Waals surface area contributed by atoms with E-state index < -0.39 is 11.4 Å². The van der Waals surface area contributed by atoms with Crippen LogP contribution in [0.25, 0.3) is 0 Å². The number of allylic oxidation sites excluding steroid dienone is 1.